The molecule has 0 spiro atoms. The zero-order valence-electron chi connectivity index (χ0n) is 12.3. The van der Waals surface area contributed by atoms with Gasteiger partial charge in [0.15, 0.2) is 4.34 Å². The number of rotatable bonds is 7. The van der Waals surface area contributed by atoms with Crippen LogP contribution >= 0.6 is 34.7 Å². The zero-order valence-corrected chi connectivity index (χ0v) is 14.7. The van der Waals surface area contributed by atoms with E-state index in [1.165, 1.54) is 23.1 Å². The first-order chi connectivity index (χ1) is 10.6. The van der Waals surface area contributed by atoms with Gasteiger partial charge in [-0.15, -0.1) is 10.2 Å². The molecule has 0 saturated heterocycles. The lowest BCUT2D eigenvalue weighted by atomic mass is 10.3. The second kappa shape index (κ2) is 8.36. The molecule has 2 rings (SSSR count). The molecule has 0 radical (unpaired) electrons. The van der Waals surface area contributed by atoms with Crippen LogP contribution in [0.15, 0.2) is 28.6 Å². The third-order valence-electron chi connectivity index (χ3n) is 2.67. The lowest BCUT2D eigenvalue weighted by Crippen LogP contribution is -2.22. The van der Waals surface area contributed by atoms with Crippen LogP contribution in [0.3, 0.4) is 0 Å². The minimum absolute atomic E-state index is 0.0921. The molecular weight excluding hydrogens is 340 g/mol. The molecule has 1 aromatic heterocycles. The second-order valence-electron chi connectivity index (χ2n) is 4.56. The molecular formula is C14H17ClN4OS2. The molecule has 1 unspecified atom stereocenters. The van der Waals surface area contributed by atoms with Crippen molar-refractivity contribution in [1.29, 1.82) is 0 Å². The molecule has 1 aromatic carbocycles. The van der Waals surface area contributed by atoms with Crippen molar-refractivity contribution in [2.75, 3.05) is 17.2 Å². The predicted molar refractivity (Wildman–Crippen MR) is 94.1 cm³/mol. The highest BCUT2D eigenvalue weighted by molar-refractivity contribution is 8.02. The van der Waals surface area contributed by atoms with Gasteiger partial charge in [-0.3, -0.25) is 4.79 Å². The minimum atomic E-state index is -0.272. The van der Waals surface area contributed by atoms with Gasteiger partial charge < -0.3 is 10.6 Å². The van der Waals surface area contributed by atoms with E-state index in [4.69, 9.17) is 11.6 Å². The highest BCUT2D eigenvalue weighted by atomic mass is 35.5. The minimum Gasteiger partial charge on any atom is -0.360 e. The molecule has 118 valence electrons. The number of halogens is 1. The fourth-order valence-corrected chi connectivity index (χ4v) is 3.69. The quantitative estimate of drug-likeness (QED) is 0.730. The van der Waals surface area contributed by atoms with Crippen LogP contribution in [0.4, 0.5) is 10.8 Å². The molecule has 0 saturated carbocycles. The Morgan fingerprint density at radius 1 is 1.45 bits per heavy atom. The molecule has 0 aliphatic rings. The van der Waals surface area contributed by atoms with Gasteiger partial charge in [0.25, 0.3) is 0 Å². The van der Waals surface area contributed by atoms with Crippen molar-refractivity contribution >= 4 is 51.4 Å². The van der Waals surface area contributed by atoms with Gasteiger partial charge >= 0.3 is 0 Å². The van der Waals surface area contributed by atoms with Crippen molar-refractivity contribution in [3.63, 3.8) is 0 Å². The number of carbonyl (C=O) groups is 1. The number of hydrogen-bond acceptors (Lipinski definition) is 6. The molecule has 2 N–H and O–H groups in total. The molecule has 0 aliphatic heterocycles. The Balaban J connectivity index is 1.89. The molecule has 0 fully saturated rings. The third kappa shape index (κ3) is 5.15. The van der Waals surface area contributed by atoms with Crippen LogP contribution in [0.1, 0.15) is 20.3 Å². The Morgan fingerprint density at radius 3 is 3.00 bits per heavy atom. The van der Waals surface area contributed by atoms with Gasteiger partial charge in [-0.05, 0) is 31.5 Å². The van der Waals surface area contributed by atoms with Crippen molar-refractivity contribution in [3.8, 4) is 0 Å². The van der Waals surface area contributed by atoms with E-state index in [9.17, 15) is 4.79 Å². The van der Waals surface area contributed by atoms with E-state index in [0.717, 1.165) is 22.4 Å². The van der Waals surface area contributed by atoms with E-state index in [2.05, 4.69) is 27.8 Å². The molecule has 5 nitrogen and oxygen atoms in total. The van der Waals surface area contributed by atoms with Crippen LogP contribution in [-0.4, -0.2) is 27.9 Å². The highest BCUT2D eigenvalue weighted by Crippen LogP contribution is 2.29. The van der Waals surface area contributed by atoms with Gasteiger partial charge in [0.2, 0.25) is 11.0 Å². The maximum absolute atomic E-state index is 12.2. The van der Waals surface area contributed by atoms with E-state index in [-0.39, 0.29) is 11.2 Å². The largest absolute Gasteiger partial charge is 0.360 e. The number of aromatic nitrogens is 2. The third-order valence-corrected chi connectivity index (χ3v) is 4.97. The number of thioether (sulfide) groups is 1. The molecule has 1 amide bonds. The summed E-state index contributed by atoms with van der Waals surface area (Å²) in [4.78, 5) is 12.2. The van der Waals surface area contributed by atoms with Crippen LogP contribution in [0.5, 0.6) is 0 Å². The summed E-state index contributed by atoms with van der Waals surface area (Å²) < 4.78 is 0.771. The Morgan fingerprint density at radius 2 is 2.27 bits per heavy atom. The summed E-state index contributed by atoms with van der Waals surface area (Å²) in [5, 5.41) is 15.3. The van der Waals surface area contributed by atoms with Gasteiger partial charge in [0, 0.05) is 17.3 Å². The summed E-state index contributed by atoms with van der Waals surface area (Å²) in [5.41, 5.74) is 0.688. The lowest BCUT2D eigenvalue weighted by molar-refractivity contribution is -0.115. The summed E-state index contributed by atoms with van der Waals surface area (Å²) in [6, 6.07) is 7.08. The Labute approximate surface area is 142 Å². The first-order valence-corrected chi connectivity index (χ1v) is 8.96. The van der Waals surface area contributed by atoms with Gasteiger partial charge in [0.1, 0.15) is 0 Å². The summed E-state index contributed by atoms with van der Waals surface area (Å²) >= 11 is 8.75. The fraction of sp³-hybridized carbons (Fsp3) is 0.357. The van der Waals surface area contributed by atoms with Gasteiger partial charge in [0.05, 0.1) is 5.25 Å². The van der Waals surface area contributed by atoms with E-state index >= 15 is 0 Å². The maximum Gasteiger partial charge on any atom is 0.237 e. The number of amides is 1. The van der Waals surface area contributed by atoms with Crippen molar-refractivity contribution in [2.45, 2.75) is 29.9 Å². The molecule has 0 aliphatic carbocycles. The van der Waals surface area contributed by atoms with Crippen LogP contribution in [-0.2, 0) is 4.79 Å². The average molecular weight is 357 g/mol. The van der Waals surface area contributed by atoms with Gasteiger partial charge in [-0.25, -0.2) is 0 Å². The summed E-state index contributed by atoms with van der Waals surface area (Å²) in [5.74, 6) is -0.0921. The summed E-state index contributed by atoms with van der Waals surface area (Å²) in [6.07, 6.45) is 1.03. The van der Waals surface area contributed by atoms with Crippen molar-refractivity contribution < 1.29 is 4.79 Å². The molecule has 0 bridgehead atoms. The molecule has 1 atom stereocenters. The first-order valence-electron chi connectivity index (χ1n) is 6.89. The highest BCUT2D eigenvalue weighted by Gasteiger charge is 2.17. The standard InChI is InChI=1S/C14H17ClN4OS2/c1-3-7-16-13-18-19-14(22-13)21-9(2)12(20)17-11-6-4-5-10(15)8-11/h4-6,8-9H,3,7H2,1-2H3,(H,16,18)(H,17,20). The van der Waals surface area contributed by atoms with Crippen molar-refractivity contribution in [2.24, 2.45) is 0 Å². The van der Waals surface area contributed by atoms with Gasteiger partial charge in [-0.1, -0.05) is 47.7 Å². The zero-order chi connectivity index (χ0) is 15.9. The summed E-state index contributed by atoms with van der Waals surface area (Å²) in [7, 11) is 0. The Hall–Kier alpha value is -1.31. The van der Waals surface area contributed by atoms with Crippen LogP contribution in [0, 0.1) is 0 Å². The van der Waals surface area contributed by atoms with Crippen LogP contribution in [0.25, 0.3) is 0 Å². The molecule has 2 aromatic rings. The smallest absolute Gasteiger partial charge is 0.237 e. The molecule has 8 heteroatoms. The number of nitrogens with one attached hydrogen (secondary N) is 2. The number of nitrogens with zero attached hydrogens (tertiary/aromatic N) is 2. The number of anilines is 2. The molecule has 1 heterocycles. The lowest BCUT2D eigenvalue weighted by Gasteiger charge is -2.10. The Bertz CT molecular complexity index is 635. The Kier molecular flexibility index (Phi) is 6.48. The van der Waals surface area contributed by atoms with Gasteiger partial charge in [-0.2, -0.15) is 0 Å². The second-order valence-corrected chi connectivity index (χ2v) is 7.56. The van der Waals surface area contributed by atoms with Crippen LogP contribution in [0.2, 0.25) is 5.02 Å². The van der Waals surface area contributed by atoms with Crippen molar-refractivity contribution in [3.05, 3.63) is 29.3 Å². The van der Waals surface area contributed by atoms with E-state index in [1.807, 2.05) is 6.92 Å². The van der Waals surface area contributed by atoms with E-state index in [0.29, 0.717) is 10.7 Å². The fourth-order valence-electron chi connectivity index (χ4n) is 1.58. The molecule has 22 heavy (non-hydrogen) atoms. The van der Waals surface area contributed by atoms with Crippen molar-refractivity contribution in [1.82, 2.24) is 10.2 Å². The van der Waals surface area contributed by atoms with E-state index < -0.39 is 0 Å². The SMILES string of the molecule is CCCNc1nnc(SC(C)C(=O)Nc2cccc(Cl)c2)s1. The van der Waals surface area contributed by atoms with Crippen LogP contribution < -0.4 is 10.6 Å². The number of hydrogen-bond donors (Lipinski definition) is 2. The first kappa shape index (κ1) is 17.1. The average Bonchev–Trinajstić information content (AvgIpc) is 2.92. The summed E-state index contributed by atoms with van der Waals surface area (Å²) in [6.45, 7) is 4.79. The van der Waals surface area contributed by atoms with E-state index in [1.54, 1.807) is 24.3 Å². The topological polar surface area (TPSA) is 66.9 Å². The normalized spacial score (nSPS) is 12.0. The number of benzene rings is 1. The number of carbonyl (C=O) groups excluding carboxylic acids is 1. The maximum atomic E-state index is 12.2. The monoisotopic (exact) mass is 356 g/mol. The predicted octanol–water partition coefficient (Wildman–Crippen LogP) is 4.13.